The van der Waals surface area contributed by atoms with E-state index < -0.39 is 0 Å². The van der Waals surface area contributed by atoms with Gasteiger partial charge >= 0.3 is 0 Å². The highest BCUT2D eigenvalue weighted by atomic mass is 35.5. The molecule has 0 amide bonds. The summed E-state index contributed by atoms with van der Waals surface area (Å²) >= 11 is 12.3. The molecule has 0 atom stereocenters. The molecular weight excluding hydrogens is 286 g/mol. The van der Waals surface area contributed by atoms with Crippen LogP contribution >= 0.6 is 23.2 Å². The molecule has 100 valence electrons. The van der Waals surface area contributed by atoms with Crippen molar-refractivity contribution in [3.05, 3.63) is 45.4 Å². The Bertz CT molecular complexity index is 591. The van der Waals surface area contributed by atoms with Crippen LogP contribution in [0.1, 0.15) is 24.5 Å². The van der Waals surface area contributed by atoms with Gasteiger partial charge in [-0.1, -0.05) is 42.6 Å². The van der Waals surface area contributed by atoms with Gasteiger partial charge in [0.25, 0.3) is 0 Å². The summed E-state index contributed by atoms with van der Waals surface area (Å²) in [5, 5.41) is 0.668. The first-order chi connectivity index (χ1) is 9.02. The van der Waals surface area contributed by atoms with E-state index in [2.05, 4.69) is 9.97 Å². The third-order valence-corrected chi connectivity index (χ3v) is 3.47. The number of hydrogen-bond acceptors (Lipinski definition) is 2. The van der Waals surface area contributed by atoms with Crippen LogP contribution in [0.3, 0.4) is 0 Å². The van der Waals surface area contributed by atoms with Crippen molar-refractivity contribution in [3.8, 4) is 11.4 Å². The normalized spacial score (nSPS) is 10.8. The van der Waals surface area contributed by atoms with Crippen LogP contribution < -0.4 is 0 Å². The van der Waals surface area contributed by atoms with Crippen LogP contribution in [0.15, 0.2) is 18.2 Å². The SMILES string of the molecule is CCCc1c(Cl)nc(-c2cc(F)ccc2C)nc1Cl. The summed E-state index contributed by atoms with van der Waals surface area (Å²) in [6.07, 6.45) is 1.63. The maximum atomic E-state index is 13.3. The van der Waals surface area contributed by atoms with Gasteiger partial charge in [-0.05, 0) is 31.0 Å². The van der Waals surface area contributed by atoms with Crippen LogP contribution in [-0.2, 0) is 6.42 Å². The summed E-state index contributed by atoms with van der Waals surface area (Å²) < 4.78 is 13.3. The van der Waals surface area contributed by atoms with Gasteiger partial charge in [0, 0.05) is 11.1 Å². The molecule has 0 aliphatic heterocycles. The van der Waals surface area contributed by atoms with Gasteiger partial charge in [0.05, 0.1) is 0 Å². The lowest BCUT2D eigenvalue weighted by Crippen LogP contribution is -1.99. The minimum Gasteiger partial charge on any atom is -0.216 e. The Kier molecular flexibility index (Phi) is 4.38. The lowest BCUT2D eigenvalue weighted by atomic mass is 10.1. The zero-order valence-electron chi connectivity index (χ0n) is 10.7. The fourth-order valence-corrected chi connectivity index (χ4v) is 2.42. The molecule has 2 nitrogen and oxygen atoms in total. The number of rotatable bonds is 3. The molecule has 19 heavy (non-hydrogen) atoms. The van der Waals surface area contributed by atoms with Crippen molar-refractivity contribution in [2.75, 3.05) is 0 Å². The van der Waals surface area contributed by atoms with Crippen molar-refractivity contribution in [2.45, 2.75) is 26.7 Å². The highest BCUT2D eigenvalue weighted by Crippen LogP contribution is 2.28. The Morgan fingerprint density at radius 3 is 2.37 bits per heavy atom. The topological polar surface area (TPSA) is 25.8 Å². The Balaban J connectivity index is 2.55. The first kappa shape index (κ1) is 14.2. The van der Waals surface area contributed by atoms with E-state index in [4.69, 9.17) is 23.2 Å². The quantitative estimate of drug-likeness (QED) is 0.757. The van der Waals surface area contributed by atoms with E-state index >= 15 is 0 Å². The van der Waals surface area contributed by atoms with E-state index in [-0.39, 0.29) is 5.82 Å². The number of halogens is 3. The van der Waals surface area contributed by atoms with Crippen molar-refractivity contribution in [1.82, 2.24) is 9.97 Å². The molecule has 0 N–H and O–H groups in total. The van der Waals surface area contributed by atoms with Crippen molar-refractivity contribution < 1.29 is 4.39 Å². The van der Waals surface area contributed by atoms with E-state index in [1.54, 1.807) is 6.07 Å². The van der Waals surface area contributed by atoms with Gasteiger partial charge in [-0.3, -0.25) is 0 Å². The van der Waals surface area contributed by atoms with Gasteiger partial charge in [-0.25, -0.2) is 14.4 Å². The molecule has 0 bridgehead atoms. The average Bonchev–Trinajstić information content (AvgIpc) is 2.36. The summed E-state index contributed by atoms with van der Waals surface area (Å²) in [6.45, 7) is 3.89. The molecule has 0 fully saturated rings. The molecule has 1 heterocycles. The number of nitrogens with zero attached hydrogens (tertiary/aromatic N) is 2. The molecular formula is C14H13Cl2FN2. The van der Waals surface area contributed by atoms with Crippen LogP contribution in [0.4, 0.5) is 4.39 Å². The monoisotopic (exact) mass is 298 g/mol. The minimum atomic E-state index is -0.339. The molecule has 5 heteroatoms. The second kappa shape index (κ2) is 5.85. The lowest BCUT2D eigenvalue weighted by molar-refractivity contribution is 0.627. The second-order valence-corrected chi connectivity index (χ2v) is 5.03. The maximum Gasteiger partial charge on any atom is 0.162 e. The summed E-state index contributed by atoms with van der Waals surface area (Å²) in [6, 6.07) is 4.46. The molecule has 0 unspecified atom stereocenters. The largest absolute Gasteiger partial charge is 0.216 e. The van der Waals surface area contributed by atoms with E-state index in [0.29, 0.717) is 21.7 Å². The first-order valence-electron chi connectivity index (χ1n) is 6.01. The zero-order valence-corrected chi connectivity index (χ0v) is 12.2. The third kappa shape index (κ3) is 3.04. The highest BCUT2D eigenvalue weighted by molar-refractivity contribution is 6.34. The molecule has 0 aliphatic carbocycles. The molecule has 1 aromatic carbocycles. The summed E-state index contributed by atoms with van der Waals surface area (Å²) in [5.41, 5.74) is 2.22. The summed E-state index contributed by atoms with van der Waals surface area (Å²) in [7, 11) is 0. The molecule has 2 aromatic rings. The van der Waals surface area contributed by atoms with Gasteiger partial charge in [0.1, 0.15) is 16.1 Å². The number of benzene rings is 1. The lowest BCUT2D eigenvalue weighted by Gasteiger charge is -2.09. The fourth-order valence-electron chi connectivity index (χ4n) is 1.84. The molecule has 0 radical (unpaired) electrons. The number of aromatic nitrogens is 2. The molecule has 2 rings (SSSR count). The molecule has 0 aliphatic rings. The first-order valence-corrected chi connectivity index (χ1v) is 6.77. The predicted octanol–water partition coefficient (Wildman–Crippen LogP) is 4.85. The molecule has 0 spiro atoms. The van der Waals surface area contributed by atoms with Crippen LogP contribution in [0, 0.1) is 12.7 Å². The summed E-state index contributed by atoms with van der Waals surface area (Å²) in [4.78, 5) is 8.46. The van der Waals surface area contributed by atoms with Gasteiger partial charge in [0.15, 0.2) is 5.82 Å². The van der Waals surface area contributed by atoms with Gasteiger partial charge in [-0.15, -0.1) is 0 Å². The highest BCUT2D eigenvalue weighted by Gasteiger charge is 2.14. The minimum absolute atomic E-state index is 0.334. The van der Waals surface area contributed by atoms with E-state index in [0.717, 1.165) is 24.0 Å². The smallest absolute Gasteiger partial charge is 0.162 e. The van der Waals surface area contributed by atoms with Crippen LogP contribution in [0.5, 0.6) is 0 Å². The van der Waals surface area contributed by atoms with Crippen LogP contribution in [0.25, 0.3) is 11.4 Å². The zero-order chi connectivity index (χ0) is 14.0. The standard InChI is InChI=1S/C14H13Cl2FN2/c1-3-4-10-12(15)18-14(19-13(10)16)11-7-9(17)6-5-8(11)2/h5-7H,3-4H2,1-2H3. The van der Waals surface area contributed by atoms with Crippen LogP contribution in [-0.4, -0.2) is 9.97 Å². The van der Waals surface area contributed by atoms with Crippen molar-refractivity contribution >= 4 is 23.2 Å². The maximum absolute atomic E-state index is 13.3. The van der Waals surface area contributed by atoms with Gasteiger partial charge in [0.2, 0.25) is 0 Å². The third-order valence-electron chi connectivity index (χ3n) is 2.85. The van der Waals surface area contributed by atoms with Crippen molar-refractivity contribution in [1.29, 1.82) is 0 Å². The second-order valence-electron chi connectivity index (χ2n) is 4.32. The Morgan fingerprint density at radius 2 is 1.79 bits per heavy atom. The van der Waals surface area contributed by atoms with E-state index in [1.165, 1.54) is 12.1 Å². The Labute approximate surface area is 121 Å². The average molecular weight is 299 g/mol. The summed E-state index contributed by atoms with van der Waals surface area (Å²) in [5.74, 6) is 0.0148. The van der Waals surface area contributed by atoms with Crippen LogP contribution in [0.2, 0.25) is 10.3 Å². The predicted molar refractivity (Wildman–Crippen MR) is 76.2 cm³/mol. The number of hydrogen-bond donors (Lipinski definition) is 0. The van der Waals surface area contributed by atoms with Crippen molar-refractivity contribution in [3.63, 3.8) is 0 Å². The molecule has 0 saturated carbocycles. The van der Waals surface area contributed by atoms with Gasteiger partial charge in [-0.2, -0.15) is 0 Å². The number of aryl methyl sites for hydroxylation is 1. The fraction of sp³-hybridized carbons (Fsp3) is 0.286. The van der Waals surface area contributed by atoms with Gasteiger partial charge < -0.3 is 0 Å². The van der Waals surface area contributed by atoms with Crippen molar-refractivity contribution in [2.24, 2.45) is 0 Å². The Hall–Kier alpha value is -1.19. The molecule has 0 saturated heterocycles. The van der Waals surface area contributed by atoms with E-state index in [1.807, 2.05) is 13.8 Å². The molecule has 1 aromatic heterocycles. The van der Waals surface area contributed by atoms with E-state index in [9.17, 15) is 4.39 Å². The Morgan fingerprint density at radius 1 is 1.16 bits per heavy atom.